The lowest BCUT2D eigenvalue weighted by atomic mass is 10.2. The molecule has 1 aromatic carbocycles. The fourth-order valence-corrected chi connectivity index (χ4v) is 1.88. The average Bonchev–Trinajstić information content (AvgIpc) is 2.37. The first-order valence-electron chi connectivity index (χ1n) is 6.18. The fraction of sp³-hybridized carbons (Fsp3) is 0.500. The maximum absolute atomic E-state index is 10.8. The molecule has 0 fully saturated rings. The van der Waals surface area contributed by atoms with Crippen LogP contribution in [-0.2, 0) is 0 Å². The fourth-order valence-electron chi connectivity index (χ4n) is 1.88. The van der Waals surface area contributed by atoms with Crippen LogP contribution in [0.3, 0.4) is 0 Å². The summed E-state index contributed by atoms with van der Waals surface area (Å²) < 4.78 is 0. The number of hydrogen-bond acceptors (Lipinski definition) is 5. The zero-order valence-electron chi connectivity index (χ0n) is 11.0. The minimum atomic E-state index is -0.605. The largest absolute Gasteiger partial charge is 0.371 e. The van der Waals surface area contributed by atoms with Gasteiger partial charge in [0.2, 0.25) is 0 Å². The summed E-state index contributed by atoms with van der Waals surface area (Å²) in [5.41, 5.74) is 0.0346. The van der Waals surface area contributed by atoms with Crippen molar-refractivity contribution in [1.82, 2.24) is 0 Å². The molecule has 7 heteroatoms. The van der Waals surface area contributed by atoms with Gasteiger partial charge >= 0.3 is 0 Å². The van der Waals surface area contributed by atoms with E-state index in [9.17, 15) is 20.2 Å². The van der Waals surface area contributed by atoms with Crippen LogP contribution in [0.15, 0.2) is 18.2 Å². The lowest BCUT2D eigenvalue weighted by Gasteiger charge is -2.23. The molecule has 19 heavy (non-hydrogen) atoms. The summed E-state index contributed by atoms with van der Waals surface area (Å²) in [6.07, 6.45) is 1.74. The summed E-state index contributed by atoms with van der Waals surface area (Å²) in [5, 5.41) is 21.7. The first-order chi connectivity index (χ1) is 8.99. The third-order valence-corrected chi connectivity index (χ3v) is 2.66. The highest BCUT2D eigenvalue weighted by Gasteiger charge is 2.18. The van der Waals surface area contributed by atoms with Crippen LogP contribution in [0.5, 0.6) is 0 Å². The number of non-ortho nitro benzene ring substituents is 2. The Morgan fingerprint density at radius 3 is 1.68 bits per heavy atom. The summed E-state index contributed by atoms with van der Waals surface area (Å²) >= 11 is 0. The smallest absolute Gasteiger partial charge is 0.278 e. The van der Waals surface area contributed by atoms with Gasteiger partial charge in [-0.3, -0.25) is 20.2 Å². The summed E-state index contributed by atoms with van der Waals surface area (Å²) in [6, 6.07) is 3.76. The third kappa shape index (κ3) is 3.90. The Kier molecular flexibility index (Phi) is 5.23. The van der Waals surface area contributed by atoms with E-state index in [0.717, 1.165) is 18.9 Å². The van der Waals surface area contributed by atoms with E-state index in [-0.39, 0.29) is 11.4 Å². The molecule has 0 amide bonds. The van der Waals surface area contributed by atoms with Crippen LogP contribution in [-0.4, -0.2) is 22.9 Å². The molecular formula is C12H17N3O4. The maximum Gasteiger partial charge on any atom is 0.278 e. The minimum Gasteiger partial charge on any atom is -0.371 e. The number of nitro groups is 2. The molecular weight excluding hydrogens is 250 g/mol. The molecule has 7 nitrogen and oxygen atoms in total. The standard InChI is InChI=1S/C12H17N3O4/c1-3-5-13(6-4-2)10-7-11(14(16)17)9-12(8-10)15(18)19/h7-9H,3-6H2,1-2H3. The quantitative estimate of drug-likeness (QED) is 0.559. The van der Waals surface area contributed by atoms with E-state index < -0.39 is 9.85 Å². The molecule has 0 aliphatic carbocycles. The van der Waals surface area contributed by atoms with E-state index in [1.807, 2.05) is 18.7 Å². The number of rotatable bonds is 7. The predicted molar refractivity (Wildman–Crippen MR) is 72.5 cm³/mol. The average molecular weight is 267 g/mol. The van der Waals surface area contributed by atoms with Crippen molar-refractivity contribution in [2.45, 2.75) is 26.7 Å². The van der Waals surface area contributed by atoms with Crippen molar-refractivity contribution in [3.63, 3.8) is 0 Å². The number of nitro benzene ring substituents is 2. The Bertz CT molecular complexity index is 438. The lowest BCUT2D eigenvalue weighted by molar-refractivity contribution is -0.394. The van der Waals surface area contributed by atoms with Gasteiger partial charge in [0.25, 0.3) is 11.4 Å². The van der Waals surface area contributed by atoms with Gasteiger partial charge in [0.15, 0.2) is 0 Å². The Morgan fingerprint density at radius 1 is 0.947 bits per heavy atom. The van der Waals surface area contributed by atoms with Gasteiger partial charge in [-0.05, 0) is 12.8 Å². The second-order valence-electron chi connectivity index (χ2n) is 4.21. The zero-order valence-corrected chi connectivity index (χ0v) is 11.0. The van der Waals surface area contributed by atoms with Gasteiger partial charge in [0.05, 0.1) is 21.6 Å². The normalized spacial score (nSPS) is 10.2. The molecule has 1 rings (SSSR count). The van der Waals surface area contributed by atoms with Crippen LogP contribution in [0.1, 0.15) is 26.7 Å². The molecule has 0 radical (unpaired) electrons. The summed E-state index contributed by atoms with van der Waals surface area (Å²) in [6.45, 7) is 5.42. The maximum atomic E-state index is 10.8. The molecule has 0 unspecified atom stereocenters. The van der Waals surface area contributed by atoms with E-state index in [0.29, 0.717) is 18.8 Å². The van der Waals surface area contributed by atoms with Gasteiger partial charge in [-0.15, -0.1) is 0 Å². The highest BCUT2D eigenvalue weighted by atomic mass is 16.6. The Hall–Kier alpha value is -2.18. The molecule has 0 saturated carbocycles. The van der Waals surface area contributed by atoms with Crippen molar-refractivity contribution in [3.8, 4) is 0 Å². The number of anilines is 1. The Balaban J connectivity index is 3.23. The third-order valence-electron chi connectivity index (χ3n) is 2.66. The van der Waals surface area contributed by atoms with Crippen molar-refractivity contribution in [3.05, 3.63) is 38.4 Å². The second kappa shape index (κ2) is 6.67. The second-order valence-corrected chi connectivity index (χ2v) is 4.21. The van der Waals surface area contributed by atoms with E-state index >= 15 is 0 Å². The molecule has 0 heterocycles. The highest BCUT2D eigenvalue weighted by Crippen LogP contribution is 2.28. The van der Waals surface area contributed by atoms with Crippen LogP contribution in [0.4, 0.5) is 17.1 Å². The van der Waals surface area contributed by atoms with Crippen molar-refractivity contribution in [2.75, 3.05) is 18.0 Å². The van der Waals surface area contributed by atoms with E-state index in [2.05, 4.69) is 0 Å². The van der Waals surface area contributed by atoms with Gasteiger partial charge in [-0.1, -0.05) is 13.8 Å². The van der Waals surface area contributed by atoms with Crippen LogP contribution in [0.25, 0.3) is 0 Å². The van der Waals surface area contributed by atoms with Crippen LogP contribution >= 0.6 is 0 Å². The van der Waals surface area contributed by atoms with Crippen molar-refractivity contribution < 1.29 is 9.85 Å². The number of hydrogen-bond donors (Lipinski definition) is 0. The summed E-state index contributed by atoms with van der Waals surface area (Å²) in [4.78, 5) is 22.4. The summed E-state index contributed by atoms with van der Waals surface area (Å²) in [7, 11) is 0. The topological polar surface area (TPSA) is 89.5 Å². The van der Waals surface area contributed by atoms with Crippen molar-refractivity contribution in [2.24, 2.45) is 0 Å². The van der Waals surface area contributed by atoms with Crippen LogP contribution in [0.2, 0.25) is 0 Å². The molecule has 1 aromatic rings. The lowest BCUT2D eigenvalue weighted by Crippen LogP contribution is -2.24. The van der Waals surface area contributed by atoms with Crippen LogP contribution < -0.4 is 4.90 Å². The first-order valence-corrected chi connectivity index (χ1v) is 6.18. The minimum absolute atomic E-state index is 0.249. The van der Waals surface area contributed by atoms with E-state index in [1.165, 1.54) is 12.1 Å². The molecule has 0 aliphatic rings. The molecule has 0 bridgehead atoms. The molecule has 0 aromatic heterocycles. The van der Waals surface area contributed by atoms with Crippen molar-refractivity contribution in [1.29, 1.82) is 0 Å². The summed E-state index contributed by atoms with van der Waals surface area (Å²) in [5.74, 6) is 0. The van der Waals surface area contributed by atoms with E-state index in [1.54, 1.807) is 0 Å². The van der Waals surface area contributed by atoms with Crippen molar-refractivity contribution >= 4 is 17.1 Å². The van der Waals surface area contributed by atoms with Gasteiger partial charge < -0.3 is 4.90 Å². The molecule has 0 N–H and O–H groups in total. The predicted octanol–water partition coefficient (Wildman–Crippen LogP) is 3.13. The molecule has 0 atom stereocenters. The number of nitrogens with zero attached hydrogens (tertiary/aromatic N) is 3. The van der Waals surface area contributed by atoms with Gasteiger partial charge in [0.1, 0.15) is 0 Å². The number of benzene rings is 1. The van der Waals surface area contributed by atoms with E-state index in [4.69, 9.17) is 0 Å². The molecule has 0 spiro atoms. The van der Waals surface area contributed by atoms with Gasteiger partial charge in [-0.2, -0.15) is 0 Å². The Morgan fingerprint density at radius 2 is 1.37 bits per heavy atom. The molecule has 0 saturated heterocycles. The monoisotopic (exact) mass is 267 g/mol. The molecule has 0 aliphatic heterocycles. The SMILES string of the molecule is CCCN(CCC)c1cc([N+](=O)[O-])cc([N+](=O)[O-])c1. The van der Waals surface area contributed by atoms with Crippen LogP contribution in [0, 0.1) is 20.2 Å². The Labute approximate surface area is 111 Å². The van der Waals surface area contributed by atoms with Gasteiger partial charge in [-0.25, -0.2) is 0 Å². The molecule has 104 valence electrons. The van der Waals surface area contributed by atoms with Gasteiger partial charge in [0, 0.05) is 25.2 Å². The highest BCUT2D eigenvalue weighted by molar-refractivity contribution is 5.60. The zero-order chi connectivity index (χ0) is 14.4. The first kappa shape index (κ1) is 14.9.